The minimum atomic E-state index is -0.449. The predicted molar refractivity (Wildman–Crippen MR) is 141 cm³/mol. The molecular formula is C28H27FN6O3. The lowest BCUT2D eigenvalue weighted by atomic mass is 10.1. The molecule has 38 heavy (non-hydrogen) atoms. The summed E-state index contributed by atoms with van der Waals surface area (Å²) < 4.78 is 29.1. The van der Waals surface area contributed by atoms with Crippen LogP contribution in [0.1, 0.15) is 28.8 Å². The molecular weight excluding hydrogens is 487 g/mol. The molecule has 0 saturated carbocycles. The molecule has 3 aromatic heterocycles. The number of benzene rings is 2. The number of nitrogens with zero attached hydrogens (tertiary/aromatic N) is 6. The number of piperidine rings is 1. The number of hydrogen-bond acceptors (Lipinski definition) is 7. The van der Waals surface area contributed by atoms with Crippen LogP contribution < -0.4 is 9.64 Å². The molecule has 0 atom stereocenters. The number of methoxy groups -OCH3 is 1. The fourth-order valence-corrected chi connectivity index (χ4v) is 5.15. The summed E-state index contributed by atoms with van der Waals surface area (Å²) in [6.07, 6.45) is 4.57. The highest BCUT2D eigenvalue weighted by Gasteiger charge is 2.27. The number of carbonyl (C=O) groups is 1. The summed E-state index contributed by atoms with van der Waals surface area (Å²) in [4.78, 5) is 28.0. The smallest absolute Gasteiger partial charge is 0.341 e. The molecule has 1 saturated heterocycles. The molecule has 5 aromatic rings. The lowest BCUT2D eigenvalue weighted by molar-refractivity contribution is 0.0602. The number of anilines is 1. The van der Waals surface area contributed by atoms with Crippen LogP contribution in [0, 0.1) is 5.82 Å². The van der Waals surface area contributed by atoms with Gasteiger partial charge < -0.3 is 23.5 Å². The molecule has 194 valence electrons. The zero-order valence-electron chi connectivity index (χ0n) is 21.2. The van der Waals surface area contributed by atoms with Gasteiger partial charge in [0.05, 0.1) is 24.7 Å². The Kier molecular flexibility index (Phi) is 6.15. The number of hydrogen-bond donors (Lipinski definition) is 0. The monoisotopic (exact) mass is 514 g/mol. The third kappa shape index (κ3) is 4.31. The Morgan fingerprint density at radius 2 is 1.92 bits per heavy atom. The van der Waals surface area contributed by atoms with Crippen LogP contribution in [0.15, 0.2) is 61.1 Å². The Balaban J connectivity index is 1.23. The summed E-state index contributed by atoms with van der Waals surface area (Å²) in [6, 6.07) is 14.7. The van der Waals surface area contributed by atoms with Crippen molar-refractivity contribution in [2.24, 2.45) is 7.05 Å². The van der Waals surface area contributed by atoms with Crippen molar-refractivity contribution in [3.8, 4) is 5.88 Å². The van der Waals surface area contributed by atoms with Gasteiger partial charge in [-0.15, -0.1) is 0 Å². The zero-order chi connectivity index (χ0) is 26.2. The van der Waals surface area contributed by atoms with Gasteiger partial charge >= 0.3 is 5.97 Å². The van der Waals surface area contributed by atoms with Crippen LogP contribution in [0.2, 0.25) is 0 Å². The van der Waals surface area contributed by atoms with Crippen molar-refractivity contribution in [1.82, 2.24) is 24.1 Å². The number of halogens is 1. The lowest BCUT2D eigenvalue weighted by Gasteiger charge is -2.33. The van der Waals surface area contributed by atoms with E-state index in [1.165, 1.54) is 19.5 Å². The first kappa shape index (κ1) is 23.9. The number of carbonyl (C=O) groups excluding carboxylic acids is 1. The van der Waals surface area contributed by atoms with E-state index in [1.807, 2.05) is 37.4 Å². The number of aromatic nitrogens is 5. The molecule has 1 aliphatic rings. The highest BCUT2D eigenvalue weighted by molar-refractivity contribution is 6.03. The van der Waals surface area contributed by atoms with Gasteiger partial charge in [0.25, 0.3) is 0 Å². The molecule has 4 heterocycles. The minimum Gasteiger partial charge on any atom is -0.473 e. The minimum absolute atomic E-state index is 0.0538. The first-order valence-electron chi connectivity index (χ1n) is 12.5. The Labute approximate surface area is 218 Å². The van der Waals surface area contributed by atoms with E-state index in [9.17, 15) is 9.18 Å². The molecule has 0 spiro atoms. The summed E-state index contributed by atoms with van der Waals surface area (Å²) in [5, 5.41) is 0. The standard InChI is InChI=1S/C28H27FN6O3/c1-33-16-21(27(36)37-2)24-25(33)26(31-17-30-24)38-20-10-12-34(13-11-20)28-32-22-8-3-4-9-23(22)35(28)15-18-6-5-7-19(29)14-18/h3-9,14,16-17,20H,10-13,15H2,1-2H3. The van der Waals surface area contributed by atoms with Gasteiger partial charge in [0.15, 0.2) is 0 Å². The summed E-state index contributed by atoms with van der Waals surface area (Å²) in [5.74, 6) is 0.616. The fraction of sp³-hybridized carbons (Fsp3) is 0.286. The van der Waals surface area contributed by atoms with E-state index < -0.39 is 5.97 Å². The zero-order valence-corrected chi connectivity index (χ0v) is 21.2. The number of esters is 1. The summed E-state index contributed by atoms with van der Waals surface area (Å²) in [5.41, 5.74) is 4.35. The van der Waals surface area contributed by atoms with E-state index in [0.717, 1.165) is 48.5 Å². The number of rotatable bonds is 6. The second-order valence-corrected chi connectivity index (χ2v) is 9.44. The molecule has 1 fully saturated rings. The van der Waals surface area contributed by atoms with Gasteiger partial charge in [0.2, 0.25) is 11.8 Å². The van der Waals surface area contributed by atoms with Crippen molar-refractivity contribution >= 4 is 34.0 Å². The summed E-state index contributed by atoms with van der Waals surface area (Å²) in [7, 11) is 3.18. The number of aryl methyl sites for hydroxylation is 1. The van der Waals surface area contributed by atoms with Crippen molar-refractivity contribution in [3.63, 3.8) is 0 Å². The lowest BCUT2D eigenvalue weighted by Crippen LogP contribution is -2.39. The SMILES string of the molecule is COC(=O)c1cn(C)c2c(OC3CCN(c4nc5ccccc5n4Cc4cccc(F)c4)CC3)ncnc12. The van der Waals surface area contributed by atoms with Gasteiger partial charge in [-0.2, -0.15) is 4.98 Å². The maximum absolute atomic E-state index is 13.9. The van der Waals surface area contributed by atoms with Crippen LogP contribution in [-0.4, -0.2) is 56.4 Å². The molecule has 0 amide bonds. The molecule has 0 bridgehead atoms. The molecule has 0 unspecified atom stereocenters. The van der Waals surface area contributed by atoms with Crippen molar-refractivity contribution in [2.75, 3.05) is 25.1 Å². The molecule has 0 N–H and O–H groups in total. The Morgan fingerprint density at radius 1 is 1.11 bits per heavy atom. The molecule has 9 nitrogen and oxygen atoms in total. The summed E-state index contributed by atoms with van der Waals surface area (Å²) in [6.45, 7) is 2.01. The highest BCUT2D eigenvalue weighted by Crippen LogP contribution is 2.30. The summed E-state index contributed by atoms with van der Waals surface area (Å²) >= 11 is 0. The van der Waals surface area contributed by atoms with Crippen LogP contribution in [0.3, 0.4) is 0 Å². The molecule has 0 radical (unpaired) electrons. The molecule has 6 rings (SSSR count). The molecule has 1 aliphatic heterocycles. The Bertz CT molecular complexity index is 1640. The van der Waals surface area contributed by atoms with Crippen molar-refractivity contribution in [2.45, 2.75) is 25.5 Å². The second kappa shape index (κ2) is 9.77. The van der Waals surface area contributed by atoms with E-state index in [2.05, 4.69) is 19.4 Å². The van der Waals surface area contributed by atoms with Gasteiger partial charge in [-0.25, -0.2) is 19.2 Å². The van der Waals surface area contributed by atoms with Crippen LogP contribution >= 0.6 is 0 Å². The maximum Gasteiger partial charge on any atom is 0.341 e. The average Bonchev–Trinajstić information content (AvgIpc) is 3.47. The number of fused-ring (bicyclic) bond motifs is 2. The van der Waals surface area contributed by atoms with Crippen molar-refractivity contribution < 1.29 is 18.7 Å². The van der Waals surface area contributed by atoms with E-state index in [-0.39, 0.29) is 11.9 Å². The van der Waals surface area contributed by atoms with Gasteiger partial charge in [0, 0.05) is 39.2 Å². The van der Waals surface area contributed by atoms with Crippen molar-refractivity contribution in [3.05, 3.63) is 78.0 Å². The topological polar surface area (TPSA) is 87.3 Å². The van der Waals surface area contributed by atoms with Gasteiger partial charge in [-0.05, 0) is 29.8 Å². The first-order chi connectivity index (χ1) is 18.5. The number of imidazole rings is 1. The number of ether oxygens (including phenoxy) is 2. The third-order valence-electron chi connectivity index (χ3n) is 6.99. The third-order valence-corrected chi connectivity index (χ3v) is 6.99. The maximum atomic E-state index is 13.9. The van der Waals surface area contributed by atoms with E-state index in [4.69, 9.17) is 14.5 Å². The van der Waals surface area contributed by atoms with Gasteiger partial charge in [-0.1, -0.05) is 24.3 Å². The van der Waals surface area contributed by atoms with Crippen LogP contribution in [-0.2, 0) is 18.3 Å². The molecule has 0 aliphatic carbocycles. The largest absolute Gasteiger partial charge is 0.473 e. The van der Waals surface area contributed by atoms with E-state index >= 15 is 0 Å². The highest BCUT2D eigenvalue weighted by atomic mass is 19.1. The van der Waals surface area contributed by atoms with Gasteiger partial charge in [0.1, 0.15) is 34.8 Å². The first-order valence-corrected chi connectivity index (χ1v) is 12.5. The second-order valence-electron chi connectivity index (χ2n) is 9.44. The molecule has 10 heteroatoms. The average molecular weight is 515 g/mol. The predicted octanol–water partition coefficient (Wildman–Crippen LogP) is 4.34. The van der Waals surface area contributed by atoms with Crippen LogP contribution in [0.25, 0.3) is 22.1 Å². The van der Waals surface area contributed by atoms with E-state index in [1.54, 1.807) is 22.9 Å². The van der Waals surface area contributed by atoms with Crippen molar-refractivity contribution in [1.29, 1.82) is 0 Å². The Morgan fingerprint density at radius 3 is 2.71 bits per heavy atom. The van der Waals surface area contributed by atoms with E-state index in [0.29, 0.717) is 29.0 Å². The van der Waals surface area contributed by atoms with Crippen LogP contribution in [0.5, 0.6) is 5.88 Å². The fourth-order valence-electron chi connectivity index (χ4n) is 5.15. The normalized spacial score (nSPS) is 14.3. The Hall–Kier alpha value is -4.47. The van der Waals surface area contributed by atoms with Gasteiger partial charge in [-0.3, -0.25) is 0 Å². The van der Waals surface area contributed by atoms with Crippen LogP contribution in [0.4, 0.5) is 10.3 Å². The number of para-hydroxylation sites is 2. The quantitative estimate of drug-likeness (QED) is 0.312. The molecule has 2 aromatic carbocycles.